The van der Waals surface area contributed by atoms with Gasteiger partial charge in [-0.3, -0.25) is 9.63 Å². The number of aromatic nitrogens is 1. The number of amides is 1. The molecule has 1 amide bonds. The first-order valence-corrected chi connectivity index (χ1v) is 4.17. The van der Waals surface area contributed by atoms with Crippen LogP contribution in [0.3, 0.4) is 0 Å². The maximum absolute atomic E-state index is 11.3. The summed E-state index contributed by atoms with van der Waals surface area (Å²) in [7, 11) is 0. The minimum absolute atomic E-state index is 0.181. The van der Waals surface area contributed by atoms with Gasteiger partial charge in [0.1, 0.15) is 5.69 Å². The number of hydrogen-bond acceptors (Lipinski definition) is 4. The van der Waals surface area contributed by atoms with Crippen LogP contribution in [0.25, 0.3) is 0 Å². The molecule has 0 aliphatic carbocycles. The Kier molecular flexibility index (Phi) is 3.75. The van der Waals surface area contributed by atoms with Crippen LogP contribution in [0.5, 0.6) is 0 Å². The Balaban J connectivity index is 2.50. The number of hydroxylamine groups is 1. The first-order valence-electron chi connectivity index (χ1n) is 4.17. The molecule has 2 N–H and O–H groups in total. The molecule has 0 saturated carbocycles. The van der Waals surface area contributed by atoms with Crippen molar-refractivity contribution >= 4 is 11.9 Å². The van der Waals surface area contributed by atoms with Crippen LogP contribution in [0.4, 0.5) is 0 Å². The fourth-order valence-electron chi connectivity index (χ4n) is 0.885. The Hall–Kier alpha value is -1.95. The second kappa shape index (κ2) is 5.06. The van der Waals surface area contributed by atoms with Gasteiger partial charge in [-0.05, 0) is 19.1 Å². The summed E-state index contributed by atoms with van der Waals surface area (Å²) in [5.41, 5.74) is 2.85. The summed E-state index contributed by atoms with van der Waals surface area (Å²) in [6.45, 7) is 1.16. The van der Waals surface area contributed by atoms with Crippen molar-refractivity contribution in [2.75, 3.05) is 6.61 Å². The lowest BCUT2D eigenvalue weighted by atomic mass is 10.3. The molecule has 0 bridgehead atoms. The van der Waals surface area contributed by atoms with E-state index in [9.17, 15) is 9.59 Å². The lowest BCUT2D eigenvalue weighted by Crippen LogP contribution is -2.27. The second-order valence-electron chi connectivity index (χ2n) is 2.78. The number of nitrogens with zero attached hydrogens (tertiary/aromatic N) is 1. The zero-order chi connectivity index (χ0) is 11.3. The first-order chi connectivity index (χ1) is 7.09. The largest absolute Gasteiger partial charge is 0.479 e. The van der Waals surface area contributed by atoms with Gasteiger partial charge < -0.3 is 5.11 Å². The van der Waals surface area contributed by atoms with Gasteiger partial charge in [-0.2, -0.15) is 0 Å². The molecular formula is C9H10N2O4. The van der Waals surface area contributed by atoms with Crippen molar-refractivity contribution in [3.05, 3.63) is 29.6 Å². The minimum atomic E-state index is -1.16. The number of carbonyl (C=O) groups is 2. The molecule has 0 radical (unpaired) electrons. The number of hydrogen-bond donors (Lipinski definition) is 2. The van der Waals surface area contributed by atoms with Crippen molar-refractivity contribution in [2.45, 2.75) is 6.92 Å². The Morgan fingerprint density at radius 1 is 1.53 bits per heavy atom. The lowest BCUT2D eigenvalue weighted by Gasteiger charge is -2.03. The zero-order valence-electron chi connectivity index (χ0n) is 8.06. The molecule has 0 aliphatic heterocycles. The average Bonchev–Trinajstić information content (AvgIpc) is 2.17. The SMILES string of the molecule is Cc1cccc(C(=O)NOCC(=O)O)n1. The number of carboxylic acid groups (broad SMARTS) is 1. The van der Waals surface area contributed by atoms with Gasteiger partial charge >= 0.3 is 5.97 Å². The molecular weight excluding hydrogens is 200 g/mol. The summed E-state index contributed by atoms with van der Waals surface area (Å²) >= 11 is 0. The first kappa shape index (κ1) is 11.1. The molecule has 0 saturated heterocycles. The Morgan fingerprint density at radius 2 is 2.27 bits per heavy atom. The highest BCUT2D eigenvalue weighted by Gasteiger charge is 2.07. The van der Waals surface area contributed by atoms with Crippen LogP contribution < -0.4 is 5.48 Å². The monoisotopic (exact) mass is 210 g/mol. The van der Waals surface area contributed by atoms with Gasteiger partial charge in [0.15, 0.2) is 6.61 Å². The van der Waals surface area contributed by atoms with E-state index in [1.807, 2.05) is 5.48 Å². The molecule has 6 nitrogen and oxygen atoms in total. The van der Waals surface area contributed by atoms with Crippen LogP contribution in [0.15, 0.2) is 18.2 Å². The van der Waals surface area contributed by atoms with Crippen molar-refractivity contribution in [2.24, 2.45) is 0 Å². The van der Waals surface area contributed by atoms with E-state index in [2.05, 4.69) is 9.82 Å². The van der Waals surface area contributed by atoms with E-state index < -0.39 is 18.5 Å². The summed E-state index contributed by atoms with van der Waals surface area (Å²) in [6, 6.07) is 4.93. The summed E-state index contributed by atoms with van der Waals surface area (Å²) in [4.78, 5) is 29.7. The third-order valence-electron chi connectivity index (χ3n) is 1.48. The van der Waals surface area contributed by atoms with Gasteiger partial charge in [-0.15, -0.1) is 0 Å². The molecule has 1 aromatic rings. The van der Waals surface area contributed by atoms with Crippen LogP contribution in [0.1, 0.15) is 16.2 Å². The maximum atomic E-state index is 11.3. The van der Waals surface area contributed by atoms with Crippen molar-refractivity contribution < 1.29 is 19.5 Å². The van der Waals surface area contributed by atoms with Crippen LogP contribution >= 0.6 is 0 Å². The molecule has 0 spiro atoms. The van der Waals surface area contributed by atoms with Gasteiger partial charge in [0, 0.05) is 5.69 Å². The molecule has 0 unspecified atom stereocenters. The fourth-order valence-corrected chi connectivity index (χ4v) is 0.885. The third kappa shape index (κ3) is 3.74. The van der Waals surface area contributed by atoms with Crippen LogP contribution in [0.2, 0.25) is 0 Å². The molecule has 0 aliphatic rings. The molecule has 0 atom stereocenters. The van der Waals surface area contributed by atoms with Gasteiger partial charge in [-0.25, -0.2) is 15.3 Å². The standard InChI is InChI=1S/C9H10N2O4/c1-6-3-2-4-7(10-6)9(14)11-15-5-8(12)13/h2-4H,5H2,1H3,(H,11,14)(H,12,13). The van der Waals surface area contributed by atoms with E-state index in [4.69, 9.17) is 5.11 Å². The zero-order valence-corrected chi connectivity index (χ0v) is 8.06. The Bertz CT molecular complexity index is 378. The third-order valence-corrected chi connectivity index (χ3v) is 1.48. The van der Waals surface area contributed by atoms with Crippen molar-refractivity contribution in [1.82, 2.24) is 10.5 Å². The number of pyridine rings is 1. The second-order valence-corrected chi connectivity index (χ2v) is 2.78. The molecule has 6 heteroatoms. The molecule has 1 aromatic heterocycles. The van der Waals surface area contributed by atoms with Crippen LogP contribution in [0, 0.1) is 6.92 Å². The van der Waals surface area contributed by atoms with Crippen molar-refractivity contribution in [3.8, 4) is 0 Å². The Labute approximate surface area is 85.8 Å². The summed E-state index contributed by atoms with van der Waals surface area (Å²) < 4.78 is 0. The van der Waals surface area contributed by atoms with E-state index in [0.29, 0.717) is 5.69 Å². The van der Waals surface area contributed by atoms with E-state index in [-0.39, 0.29) is 5.69 Å². The predicted octanol–water partition coefficient (Wildman–Crippen LogP) is 0.136. The molecule has 0 aromatic carbocycles. The maximum Gasteiger partial charge on any atom is 0.332 e. The normalized spacial score (nSPS) is 9.67. The number of rotatable bonds is 4. The fraction of sp³-hybridized carbons (Fsp3) is 0.222. The number of aliphatic carboxylic acids is 1. The van der Waals surface area contributed by atoms with E-state index in [1.165, 1.54) is 6.07 Å². The quantitative estimate of drug-likeness (QED) is 0.690. The highest BCUT2D eigenvalue weighted by Crippen LogP contribution is 1.97. The summed E-state index contributed by atoms with van der Waals surface area (Å²) in [5, 5.41) is 8.25. The van der Waals surface area contributed by atoms with Gasteiger partial charge in [0.05, 0.1) is 0 Å². The van der Waals surface area contributed by atoms with Gasteiger partial charge in [0.25, 0.3) is 5.91 Å². The van der Waals surface area contributed by atoms with Crippen molar-refractivity contribution in [1.29, 1.82) is 0 Å². The topological polar surface area (TPSA) is 88.5 Å². The van der Waals surface area contributed by atoms with Crippen LogP contribution in [-0.4, -0.2) is 28.6 Å². The number of carbonyl (C=O) groups excluding carboxylic acids is 1. The van der Waals surface area contributed by atoms with E-state index in [1.54, 1.807) is 19.1 Å². The lowest BCUT2D eigenvalue weighted by molar-refractivity contribution is -0.144. The van der Waals surface area contributed by atoms with Gasteiger partial charge in [0.2, 0.25) is 0 Å². The van der Waals surface area contributed by atoms with Crippen molar-refractivity contribution in [3.63, 3.8) is 0 Å². The molecule has 0 fully saturated rings. The number of carboxylic acids is 1. The van der Waals surface area contributed by atoms with E-state index in [0.717, 1.165) is 0 Å². The average molecular weight is 210 g/mol. The molecule has 1 heterocycles. The smallest absolute Gasteiger partial charge is 0.332 e. The molecule has 1 rings (SSSR count). The number of nitrogens with one attached hydrogen (secondary N) is 1. The summed E-state index contributed by atoms with van der Waals surface area (Å²) in [6.07, 6.45) is 0. The van der Waals surface area contributed by atoms with E-state index >= 15 is 0 Å². The Morgan fingerprint density at radius 3 is 2.87 bits per heavy atom. The predicted molar refractivity (Wildman–Crippen MR) is 50.0 cm³/mol. The minimum Gasteiger partial charge on any atom is -0.479 e. The van der Waals surface area contributed by atoms with Gasteiger partial charge in [-0.1, -0.05) is 6.07 Å². The highest BCUT2D eigenvalue weighted by molar-refractivity contribution is 5.91. The summed E-state index contributed by atoms with van der Waals surface area (Å²) in [5.74, 6) is -1.73. The number of aryl methyl sites for hydroxylation is 1. The molecule has 80 valence electrons. The van der Waals surface area contributed by atoms with Crippen LogP contribution in [-0.2, 0) is 9.63 Å². The highest BCUT2D eigenvalue weighted by atomic mass is 16.7. The molecule has 15 heavy (non-hydrogen) atoms.